The third-order valence-corrected chi connectivity index (χ3v) is 3.53. The minimum atomic E-state index is -0.609. The van der Waals surface area contributed by atoms with Crippen LogP contribution >= 0.6 is 0 Å². The largest absolute Gasteiger partial charge is 0.389 e. The van der Waals surface area contributed by atoms with Crippen molar-refractivity contribution in [1.82, 2.24) is 19.6 Å². The Balaban J connectivity index is 1.91. The molecule has 0 aromatic carbocycles. The topological polar surface area (TPSA) is 84.6 Å². The predicted molar refractivity (Wildman–Crippen MR) is 73.7 cm³/mol. The second-order valence-electron chi connectivity index (χ2n) is 5.48. The molecule has 0 radical (unpaired) electrons. The molecular formula is C13H18FN5O2. The molecule has 0 amide bonds. The summed E-state index contributed by atoms with van der Waals surface area (Å²) in [6.07, 6.45) is 1.45. The number of aliphatic hydroxyl groups is 1. The Morgan fingerprint density at radius 1 is 1.52 bits per heavy atom. The monoisotopic (exact) mass is 295 g/mol. The highest BCUT2D eigenvalue weighted by Gasteiger charge is 2.25. The van der Waals surface area contributed by atoms with Crippen molar-refractivity contribution in [3.63, 3.8) is 0 Å². The summed E-state index contributed by atoms with van der Waals surface area (Å²) in [5.41, 5.74) is 0.247. The Bertz CT molecular complexity index is 645. The van der Waals surface area contributed by atoms with Crippen LogP contribution in [0.1, 0.15) is 32.0 Å². The average Bonchev–Trinajstić information content (AvgIpc) is 2.79. The van der Waals surface area contributed by atoms with Crippen LogP contribution in [0.2, 0.25) is 0 Å². The number of halogens is 1. The van der Waals surface area contributed by atoms with Gasteiger partial charge < -0.3 is 15.2 Å². The van der Waals surface area contributed by atoms with E-state index in [0.29, 0.717) is 24.8 Å². The maximum Gasteiger partial charge on any atom is 0.242 e. The Labute approximate surface area is 121 Å². The molecule has 1 aliphatic rings. The molecule has 0 bridgehead atoms. The lowest BCUT2D eigenvalue weighted by molar-refractivity contribution is -0.0136. The molecule has 2 aromatic rings. The van der Waals surface area contributed by atoms with E-state index < -0.39 is 12.1 Å². The van der Waals surface area contributed by atoms with Crippen LogP contribution in [0.3, 0.4) is 0 Å². The van der Waals surface area contributed by atoms with E-state index in [1.54, 1.807) is 0 Å². The van der Waals surface area contributed by atoms with Gasteiger partial charge in [-0.15, -0.1) is 5.10 Å². The van der Waals surface area contributed by atoms with Crippen molar-refractivity contribution in [3.8, 4) is 0 Å². The Morgan fingerprint density at radius 3 is 3.05 bits per heavy atom. The number of imidazole rings is 1. The van der Waals surface area contributed by atoms with Gasteiger partial charge in [-0.25, -0.2) is 14.5 Å². The number of rotatable bonds is 3. The first-order valence-corrected chi connectivity index (χ1v) is 6.99. The molecular weight excluding hydrogens is 277 g/mol. The molecule has 21 heavy (non-hydrogen) atoms. The van der Waals surface area contributed by atoms with Crippen LogP contribution in [0.5, 0.6) is 0 Å². The minimum Gasteiger partial charge on any atom is -0.389 e. The van der Waals surface area contributed by atoms with Crippen molar-refractivity contribution < 1.29 is 14.2 Å². The van der Waals surface area contributed by atoms with Crippen LogP contribution < -0.4 is 5.32 Å². The number of nitrogens with one attached hydrogen (secondary N) is 1. The SMILES string of the molecule is CC(C)c1nc(F)c2cnc(NC3CCOCC3O)nn12. The standard InChI is InChI=1S/C13H18FN5O2/c1-7(2)12-17-11(14)9-5-15-13(18-19(9)12)16-8-3-4-21-6-10(8)20/h5,7-8,10,20H,3-4,6H2,1-2H3,(H,16,18). The first-order chi connectivity index (χ1) is 10.1. The minimum absolute atomic E-state index is 0.0402. The first-order valence-electron chi connectivity index (χ1n) is 6.99. The second kappa shape index (κ2) is 5.53. The van der Waals surface area contributed by atoms with E-state index in [-0.39, 0.29) is 24.1 Å². The van der Waals surface area contributed by atoms with E-state index in [9.17, 15) is 9.50 Å². The fraction of sp³-hybridized carbons (Fsp3) is 0.615. The molecule has 0 saturated carbocycles. The quantitative estimate of drug-likeness (QED) is 0.877. The summed E-state index contributed by atoms with van der Waals surface area (Å²) in [7, 11) is 0. The fourth-order valence-electron chi connectivity index (χ4n) is 2.37. The molecule has 8 heteroatoms. The number of ether oxygens (including phenoxy) is 1. The van der Waals surface area contributed by atoms with Crippen molar-refractivity contribution in [1.29, 1.82) is 0 Å². The van der Waals surface area contributed by atoms with Crippen molar-refractivity contribution in [2.24, 2.45) is 0 Å². The van der Waals surface area contributed by atoms with E-state index in [4.69, 9.17) is 4.74 Å². The van der Waals surface area contributed by atoms with Gasteiger partial charge in [0.1, 0.15) is 11.3 Å². The number of hydrogen-bond donors (Lipinski definition) is 2. The van der Waals surface area contributed by atoms with E-state index in [2.05, 4.69) is 20.4 Å². The van der Waals surface area contributed by atoms with Crippen LogP contribution in [0.15, 0.2) is 6.20 Å². The smallest absolute Gasteiger partial charge is 0.242 e. The zero-order valence-electron chi connectivity index (χ0n) is 12.0. The highest BCUT2D eigenvalue weighted by atomic mass is 19.1. The molecule has 2 N–H and O–H groups in total. The zero-order valence-corrected chi connectivity index (χ0v) is 12.0. The molecule has 1 saturated heterocycles. The Morgan fingerprint density at radius 2 is 2.33 bits per heavy atom. The Kier molecular flexibility index (Phi) is 3.73. The van der Waals surface area contributed by atoms with Crippen molar-refractivity contribution in [2.75, 3.05) is 18.5 Å². The van der Waals surface area contributed by atoms with Crippen LogP contribution in [0.25, 0.3) is 5.52 Å². The summed E-state index contributed by atoms with van der Waals surface area (Å²) in [6.45, 7) is 4.71. The van der Waals surface area contributed by atoms with E-state index in [1.165, 1.54) is 10.7 Å². The van der Waals surface area contributed by atoms with E-state index in [0.717, 1.165) is 0 Å². The van der Waals surface area contributed by atoms with Crippen molar-refractivity contribution in [2.45, 2.75) is 38.3 Å². The molecule has 1 fully saturated rings. The lowest BCUT2D eigenvalue weighted by atomic mass is 10.1. The summed E-state index contributed by atoms with van der Waals surface area (Å²) in [4.78, 5) is 7.98. The molecule has 7 nitrogen and oxygen atoms in total. The van der Waals surface area contributed by atoms with Gasteiger partial charge >= 0.3 is 0 Å². The normalized spacial score (nSPS) is 22.9. The van der Waals surface area contributed by atoms with E-state index in [1.807, 2.05) is 13.8 Å². The average molecular weight is 295 g/mol. The number of nitrogens with zero attached hydrogens (tertiary/aromatic N) is 4. The lowest BCUT2D eigenvalue weighted by Gasteiger charge is -2.28. The molecule has 2 atom stereocenters. The third kappa shape index (κ3) is 2.68. The van der Waals surface area contributed by atoms with Gasteiger partial charge in [0.25, 0.3) is 0 Å². The van der Waals surface area contributed by atoms with Crippen LogP contribution in [0, 0.1) is 5.95 Å². The molecule has 2 unspecified atom stereocenters. The van der Waals surface area contributed by atoms with Crippen molar-refractivity contribution >= 4 is 11.5 Å². The zero-order chi connectivity index (χ0) is 15.0. The molecule has 1 aliphatic heterocycles. The number of anilines is 1. The summed E-state index contributed by atoms with van der Waals surface area (Å²) in [5.74, 6) is 0.350. The maximum absolute atomic E-state index is 13.7. The fourth-order valence-corrected chi connectivity index (χ4v) is 2.37. The lowest BCUT2D eigenvalue weighted by Crippen LogP contribution is -2.42. The third-order valence-electron chi connectivity index (χ3n) is 3.53. The number of hydrogen-bond acceptors (Lipinski definition) is 6. The van der Waals surface area contributed by atoms with Gasteiger partial charge in [-0.2, -0.15) is 4.39 Å². The summed E-state index contributed by atoms with van der Waals surface area (Å²) < 4.78 is 20.4. The van der Waals surface area contributed by atoms with Gasteiger partial charge in [-0.1, -0.05) is 13.8 Å². The van der Waals surface area contributed by atoms with Crippen LogP contribution in [-0.2, 0) is 4.74 Å². The highest BCUT2D eigenvalue weighted by molar-refractivity contribution is 5.46. The predicted octanol–water partition coefficient (Wildman–Crippen LogP) is 0.948. The van der Waals surface area contributed by atoms with Gasteiger partial charge in [0.2, 0.25) is 11.9 Å². The van der Waals surface area contributed by atoms with Crippen molar-refractivity contribution in [3.05, 3.63) is 18.0 Å². The number of aliphatic hydroxyl groups excluding tert-OH is 1. The summed E-state index contributed by atoms with van der Waals surface area (Å²) in [5, 5.41) is 17.2. The van der Waals surface area contributed by atoms with Gasteiger partial charge in [0.15, 0.2) is 0 Å². The maximum atomic E-state index is 13.7. The molecule has 0 aliphatic carbocycles. The second-order valence-corrected chi connectivity index (χ2v) is 5.48. The van der Waals surface area contributed by atoms with Gasteiger partial charge in [0.05, 0.1) is 24.9 Å². The molecule has 2 aromatic heterocycles. The van der Waals surface area contributed by atoms with Gasteiger partial charge in [-0.3, -0.25) is 0 Å². The van der Waals surface area contributed by atoms with E-state index >= 15 is 0 Å². The molecule has 0 spiro atoms. The number of aromatic nitrogens is 4. The summed E-state index contributed by atoms with van der Waals surface area (Å²) in [6, 6.07) is -0.174. The molecule has 3 heterocycles. The van der Waals surface area contributed by atoms with Crippen LogP contribution in [-0.4, -0.2) is 50.0 Å². The first kappa shape index (κ1) is 14.2. The Hall–Kier alpha value is -1.80. The summed E-state index contributed by atoms with van der Waals surface area (Å²) >= 11 is 0. The van der Waals surface area contributed by atoms with Gasteiger partial charge in [-0.05, 0) is 6.42 Å². The number of fused-ring (bicyclic) bond motifs is 1. The van der Waals surface area contributed by atoms with Gasteiger partial charge in [0, 0.05) is 12.5 Å². The highest BCUT2D eigenvalue weighted by Crippen LogP contribution is 2.18. The molecule has 114 valence electrons. The van der Waals surface area contributed by atoms with Crippen LogP contribution in [0.4, 0.5) is 10.3 Å². The molecule has 3 rings (SSSR count).